The van der Waals surface area contributed by atoms with E-state index in [1.54, 1.807) is 13.8 Å². The molecule has 72 valence electrons. The standard InChI is InChI=1S/C8H10FNO2S/c1-4-6(13-5(2)10-4)8(3,9)7(11)12/h1-3H3,(H,11,12). The van der Waals surface area contributed by atoms with E-state index in [1.807, 2.05) is 0 Å². The number of aliphatic carboxylic acids is 1. The summed E-state index contributed by atoms with van der Waals surface area (Å²) in [6.07, 6.45) is 0. The highest BCUT2D eigenvalue weighted by Gasteiger charge is 2.38. The Morgan fingerprint density at radius 1 is 1.62 bits per heavy atom. The predicted molar refractivity (Wildman–Crippen MR) is 47.7 cm³/mol. The Balaban J connectivity index is 3.21. The molecule has 1 atom stereocenters. The van der Waals surface area contributed by atoms with Gasteiger partial charge in [0.15, 0.2) is 0 Å². The van der Waals surface area contributed by atoms with Crippen LogP contribution in [0.2, 0.25) is 0 Å². The summed E-state index contributed by atoms with van der Waals surface area (Å²) in [7, 11) is 0. The van der Waals surface area contributed by atoms with Gasteiger partial charge in [-0.3, -0.25) is 0 Å². The number of thiazole rings is 1. The Labute approximate surface area is 79.2 Å². The average Bonchev–Trinajstić information content (AvgIpc) is 2.30. The third kappa shape index (κ3) is 1.70. The summed E-state index contributed by atoms with van der Waals surface area (Å²) in [5, 5.41) is 9.31. The van der Waals surface area contributed by atoms with Crippen molar-refractivity contribution in [2.75, 3.05) is 0 Å². The zero-order valence-electron chi connectivity index (χ0n) is 7.59. The first-order chi connectivity index (χ1) is 5.85. The van der Waals surface area contributed by atoms with Crippen LogP contribution in [0.3, 0.4) is 0 Å². The van der Waals surface area contributed by atoms with Crippen LogP contribution in [0.15, 0.2) is 0 Å². The Morgan fingerprint density at radius 3 is 2.46 bits per heavy atom. The Bertz CT molecular complexity index is 346. The quantitative estimate of drug-likeness (QED) is 0.800. The molecule has 0 fully saturated rings. The molecule has 0 aliphatic carbocycles. The van der Waals surface area contributed by atoms with Crippen molar-refractivity contribution in [1.29, 1.82) is 0 Å². The van der Waals surface area contributed by atoms with Crippen molar-refractivity contribution in [3.63, 3.8) is 0 Å². The lowest BCUT2D eigenvalue weighted by Crippen LogP contribution is -2.26. The molecule has 0 amide bonds. The topological polar surface area (TPSA) is 50.2 Å². The summed E-state index contributed by atoms with van der Waals surface area (Å²) in [4.78, 5) is 14.7. The zero-order chi connectivity index (χ0) is 10.2. The van der Waals surface area contributed by atoms with E-state index in [4.69, 9.17) is 5.11 Å². The summed E-state index contributed by atoms with van der Waals surface area (Å²) in [6.45, 7) is 4.37. The first-order valence-corrected chi connectivity index (χ1v) is 4.54. The number of aromatic nitrogens is 1. The molecular formula is C8H10FNO2S. The van der Waals surface area contributed by atoms with Gasteiger partial charge < -0.3 is 5.11 Å². The first kappa shape index (κ1) is 10.1. The van der Waals surface area contributed by atoms with Crippen LogP contribution in [-0.4, -0.2) is 16.1 Å². The van der Waals surface area contributed by atoms with Gasteiger partial charge in [0.25, 0.3) is 0 Å². The van der Waals surface area contributed by atoms with E-state index in [9.17, 15) is 9.18 Å². The smallest absolute Gasteiger partial charge is 0.346 e. The highest BCUT2D eigenvalue weighted by Crippen LogP contribution is 2.33. The van der Waals surface area contributed by atoms with E-state index in [0.29, 0.717) is 10.7 Å². The molecule has 0 spiro atoms. The first-order valence-electron chi connectivity index (χ1n) is 3.72. The van der Waals surface area contributed by atoms with Gasteiger partial charge >= 0.3 is 5.97 Å². The Kier molecular flexibility index (Phi) is 2.38. The molecule has 0 aliphatic heterocycles. The second-order valence-electron chi connectivity index (χ2n) is 2.96. The third-order valence-electron chi connectivity index (χ3n) is 1.73. The van der Waals surface area contributed by atoms with Crippen LogP contribution in [0.1, 0.15) is 22.5 Å². The second kappa shape index (κ2) is 3.06. The third-order valence-corrected chi connectivity index (χ3v) is 3.00. The molecule has 0 bridgehead atoms. The summed E-state index contributed by atoms with van der Waals surface area (Å²) in [6, 6.07) is 0. The van der Waals surface area contributed by atoms with E-state index in [0.717, 1.165) is 18.3 Å². The minimum atomic E-state index is -2.32. The highest BCUT2D eigenvalue weighted by atomic mass is 32.1. The van der Waals surface area contributed by atoms with E-state index in [1.165, 1.54) is 0 Å². The molecule has 0 radical (unpaired) electrons. The van der Waals surface area contributed by atoms with Crippen molar-refractivity contribution >= 4 is 17.3 Å². The maximum atomic E-state index is 13.6. The maximum Gasteiger partial charge on any atom is 0.346 e. The largest absolute Gasteiger partial charge is 0.479 e. The van der Waals surface area contributed by atoms with Crippen molar-refractivity contribution < 1.29 is 14.3 Å². The summed E-state index contributed by atoms with van der Waals surface area (Å²) >= 11 is 1.08. The SMILES string of the molecule is Cc1nc(C)c(C(C)(F)C(=O)O)s1. The van der Waals surface area contributed by atoms with Crippen LogP contribution >= 0.6 is 11.3 Å². The molecule has 0 aromatic carbocycles. The van der Waals surface area contributed by atoms with Gasteiger partial charge in [0, 0.05) is 0 Å². The fourth-order valence-corrected chi connectivity index (χ4v) is 2.01. The number of aryl methyl sites for hydroxylation is 2. The molecule has 1 N–H and O–H groups in total. The molecule has 1 rings (SSSR count). The average molecular weight is 203 g/mol. The van der Waals surface area contributed by atoms with Gasteiger partial charge in [-0.15, -0.1) is 11.3 Å². The van der Waals surface area contributed by atoms with E-state index in [2.05, 4.69) is 4.98 Å². The lowest BCUT2D eigenvalue weighted by molar-refractivity contribution is -0.150. The maximum absolute atomic E-state index is 13.6. The number of carboxylic acids is 1. The van der Waals surface area contributed by atoms with Crippen molar-refractivity contribution in [2.45, 2.75) is 26.4 Å². The van der Waals surface area contributed by atoms with Crippen LogP contribution in [0, 0.1) is 13.8 Å². The summed E-state index contributed by atoms with van der Waals surface area (Å²) < 4.78 is 13.6. The van der Waals surface area contributed by atoms with E-state index < -0.39 is 11.6 Å². The molecule has 1 aromatic rings. The molecule has 0 saturated carbocycles. The molecule has 1 aromatic heterocycles. The lowest BCUT2D eigenvalue weighted by atomic mass is 10.1. The van der Waals surface area contributed by atoms with Gasteiger partial charge in [-0.25, -0.2) is 14.2 Å². The number of alkyl halides is 1. The molecule has 1 unspecified atom stereocenters. The van der Waals surface area contributed by atoms with Gasteiger partial charge in [0.1, 0.15) is 0 Å². The Morgan fingerprint density at radius 2 is 2.15 bits per heavy atom. The molecule has 1 heterocycles. The molecule has 3 nitrogen and oxygen atoms in total. The van der Waals surface area contributed by atoms with Crippen molar-refractivity contribution in [3.8, 4) is 0 Å². The van der Waals surface area contributed by atoms with Gasteiger partial charge in [-0.05, 0) is 20.8 Å². The highest BCUT2D eigenvalue weighted by molar-refractivity contribution is 7.12. The van der Waals surface area contributed by atoms with Crippen molar-refractivity contribution in [3.05, 3.63) is 15.6 Å². The number of carbonyl (C=O) groups is 1. The van der Waals surface area contributed by atoms with Gasteiger partial charge in [0.05, 0.1) is 15.6 Å². The van der Waals surface area contributed by atoms with Crippen molar-refractivity contribution in [1.82, 2.24) is 4.98 Å². The van der Waals surface area contributed by atoms with Crippen LogP contribution in [0.5, 0.6) is 0 Å². The van der Waals surface area contributed by atoms with Crippen LogP contribution in [0.4, 0.5) is 4.39 Å². The van der Waals surface area contributed by atoms with Crippen LogP contribution < -0.4 is 0 Å². The minimum absolute atomic E-state index is 0.178. The van der Waals surface area contributed by atoms with Gasteiger partial charge in [-0.1, -0.05) is 0 Å². The van der Waals surface area contributed by atoms with Gasteiger partial charge in [-0.2, -0.15) is 0 Å². The Hall–Kier alpha value is -0.970. The monoisotopic (exact) mass is 203 g/mol. The predicted octanol–water partition coefficient (Wildman–Crippen LogP) is 2.03. The summed E-state index contributed by atoms with van der Waals surface area (Å²) in [5.41, 5.74) is -1.87. The fourth-order valence-electron chi connectivity index (χ4n) is 1.06. The zero-order valence-corrected chi connectivity index (χ0v) is 8.41. The number of rotatable bonds is 2. The number of carboxylic acid groups (broad SMARTS) is 1. The fraction of sp³-hybridized carbons (Fsp3) is 0.500. The van der Waals surface area contributed by atoms with E-state index >= 15 is 0 Å². The number of nitrogens with zero attached hydrogens (tertiary/aromatic N) is 1. The molecule has 13 heavy (non-hydrogen) atoms. The number of hydrogen-bond acceptors (Lipinski definition) is 3. The number of halogens is 1. The second-order valence-corrected chi connectivity index (χ2v) is 4.16. The van der Waals surface area contributed by atoms with Crippen LogP contribution in [0.25, 0.3) is 0 Å². The molecular weight excluding hydrogens is 193 g/mol. The summed E-state index contributed by atoms with van der Waals surface area (Å²) in [5.74, 6) is -1.47. The number of hydrogen-bond donors (Lipinski definition) is 1. The molecule has 0 saturated heterocycles. The molecule has 0 aliphatic rings. The normalized spacial score (nSPS) is 15.4. The molecule has 5 heteroatoms. The van der Waals surface area contributed by atoms with Crippen molar-refractivity contribution in [2.24, 2.45) is 0 Å². The minimum Gasteiger partial charge on any atom is -0.479 e. The lowest BCUT2D eigenvalue weighted by Gasteiger charge is -2.12. The van der Waals surface area contributed by atoms with Crippen LogP contribution in [-0.2, 0) is 10.5 Å². The van der Waals surface area contributed by atoms with E-state index in [-0.39, 0.29) is 4.88 Å². The van der Waals surface area contributed by atoms with Gasteiger partial charge in [0.2, 0.25) is 5.67 Å².